The van der Waals surface area contributed by atoms with Crippen molar-refractivity contribution >= 4 is 9.53 Å². The maximum Gasteiger partial charge on any atom is 0.485 e. The maximum absolute atomic E-state index is 5.82. The van der Waals surface area contributed by atoms with E-state index in [4.69, 9.17) is 13.3 Å². The second kappa shape index (κ2) is 5.43. The molecular weight excluding hydrogens is 208 g/mol. The first kappa shape index (κ1) is 15.1. The Balaban J connectivity index is 4.32. The van der Waals surface area contributed by atoms with E-state index < -0.39 is 9.53 Å². The lowest BCUT2D eigenvalue weighted by molar-refractivity contribution is -0.0289. The van der Waals surface area contributed by atoms with Crippen molar-refractivity contribution in [2.45, 2.75) is 72.7 Å². The van der Waals surface area contributed by atoms with E-state index in [0.29, 0.717) is 0 Å². The Morgan fingerprint density at radius 1 is 0.800 bits per heavy atom. The molecule has 4 heteroatoms. The number of hydrogen-bond donors (Lipinski definition) is 0. The van der Waals surface area contributed by atoms with Crippen LogP contribution in [-0.4, -0.2) is 26.8 Å². The highest BCUT2D eigenvalue weighted by molar-refractivity contribution is 6.36. The van der Waals surface area contributed by atoms with Gasteiger partial charge >= 0.3 is 9.53 Å². The lowest BCUT2D eigenvalue weighted by atomic mass is 10.2. The highest BCUT2D eigenvalue weighted by atomic mass is 28.3. The molecule has 0 aliphatic carbocycles. The molecule has 15 heavy (non-hydrogen) atoms. The van der Waals surface area contributed by atoms with E-state index in [-0.39, 0.29) is 17.3 Å². The predicted molar refractivity (Wildman–Crippen MR) is 65.0 cm³/mol. The molecule has 0 radical (unpaired) electrons. The predicted octanol–water partition coefficient (Wildman–Crippen LogP) is 2.76. The molecule has 0 aromatic rings. The minimum Gasteiger partial charge on any atom is -0.373 e. The van der Waals surface area contributed by atoms with Gasteiger partial charge in [0.05, 0.1) is 11.2 Å². The summed E-state index contributed by atoms with van der Waals surface area (Å²) in [5.41, 5.74) is -0.423. The van der Waals surface area contributed by atoms with Gasteiger partial charge in [0.25, 0.3) is 0 Å². The van der Waals surface area contributed by atoms with Crippen molar-refractivity contribution in [3.05, 3.63) is 0 Å². The zero-order valence-electron chi connectivity index (χ0n) is 11.4. The first-order valence-corrected chi connectivity index (χ1v) is 6.92. The van der Waals surface area contributed by atoms with Crippen LogP contribution in [0.4, 0.5) is 0 Å². The summed E-state index contributed by atoms with van der Waals surface area (Å²) >= 11 is 0. The van der Waals surface area contributed by atoms with Gasteiger partial charge in [-0.25, -0.2) is 0 Å². The second-order valence-electron chi connectivity index (χ2n) is 5.93. The third-order valence-corrected chi connectivity index (χ3v) is 3.85. The summed E-state index contributed by atoms with van der Waals surface area (Å²) in [6.45, 7) is 16.1. The third kappa shape index (κ3) is 10.4. The molecule has 92 valence electrons. The van der Waals surface area contributed by atoms with E-state index in [1.54, 1.807) is 0 Å². The van der Waals surface area contributed by atoms with Crippen molar-refractivity contribution in [1.82, 2.24) is 0 Å². The van der Waals surface area contributed by atoms with Gasteiger partial charge in [0.2, 0.25) is 0 Å². The molecule has 0 spiro atoms. The molecule has 0 heterocycles. The van der Waals surface area contributed by atoms with Crippen molar-refractivity contribution in [2.24, 2.45) is 0 Å². The molecule has 0 saturated carbocycles. The van der Waals surface area contributed by atoms with E-state index in [1.165, 1.54) is 0 Å². The summed E-state index contributed by atoms with van der Waals surface area (Å²) in [6, 6.07) is 0. The van der Waals surface area contributed by atoms with Crippen molar-refractivity contribution in [3.8, 4) is 0 Å². The summed E-state index contributed by atoms with van der Waals surface area (Å²) in [4.78, 5) is 0. The van der Waals surface area contributed by atoms with Gasteiger partial charge in [-0.1, -0.05) is 0 Å². The van der Waals surface area contributed by atoms with E-state index in [9.17, 15) is 0 Å². The van der Waals surface area contributed by atoms with Gasteiger partial charge in [-0.05, 0) is 55.4 Å². The molecule has 3 nitrogen and oxygen atoms in total. The van der Waals surface area contributed by atoms with Gasteiger partial charge < -0.3 is 13.3 Å². The quantitative estimate of drug-likeness (QED) is 0.700. The normalized spacial score (nSPS) is 14.0. The van der Waals surface area contributed by atoms with Crippen LogP contribution in [0.1, 0.15) is 55.4 Å². The van der Waals surface area contributed by atoms with Gasteiger partial charge in [0.15, 0.2) is 0 Å². The Labute approximate surface area is 96.1 Å². The molecule has 0 fully saturated rings. The van der Waals surface area contributed by atoms with Crippen LogP contribution in [0, 0.1) is 0 Å². The van der Waals surface area contributed by atoms with Crippen molar-refractivity contribution in [3.63, 3.8) is 0 Å². The van der Waals surface area contributed by atoms with Crippen LogP contribution in [0.2, 0.25) is 0 Å². The van der Waals surface area contributed by atoms with Crippen molar-refractivity contribution < 1.29 is 13.3 Å². The average molecular weight is 234 g/mol. The summed E-state index contributed by atoms with van der Waals surface area (Å²) in [6.07, 6.45) is 0.145. The van der Waals surface area contributed by atoms with Crippen LogP contribution in [0.15, 0.2) is 0 Å². The van der Waals surface area contributed by atoms with E-state index in [1.807, 2.05) is 55.4 Å². The monoisotopic (exact) mass is 234 g/mol. The Morgan fingerprint density at radius 3 is 1.33 bits per heavy atom. The fourth-order valence-electron chi connectivity index (χ4n) is 0.879. The van der Waals surface area contributed by atoms with E-state index >= 15 is 0 Å². The zero-order valence-corrected chi connectivity index (χ0v) is 12.5. The van der Waals surface area contributed by atoms with Gasteiger partial charge in [-0.2, -0.15) is 0 Å². The van der Waals surface area contributed by atoms with Gasteiger partial charge in [-0.15, -0.1) is 0 Å². The van der Waals surface area contributed by atoms with Crippen LogP contribution < -0.4 is 0 Å². The summed E-state index contributed by atoms with van der Waals surface area (Å²) in [5.74, 6) is 0. The highest BCUT2D eigenvalue weighted by Gasteiger charge is 2.29. The molecule has 0 aliphatic heterocycles. The van der Waals surface area contributed by atoms with E-state index in [0.717, 1.165) is 0 Å². The summed E-state index contributed by atoms with van der Waals surface area (Å²) < 4.78 is 17.3. The minimum atomic E-state index is -2.04. The molecule has 0 aromatic heterocycles. The maximum atomic E-state index is 5.82. The Morgan fingerprint density at radius 2 is 1.13 bits per heavy atom. The minimum absolute atomic E-state index is 0.145. The molecule has 0 saturated heterocycles. The highest BCUT2D eigenvalue weighted by Crippen LogP contribution is 2.16. The van der Waals surface area contributed by atoms with E-state index in [2.05, 4.69) is 0 Å². The average Bonchev–Trinajstić information content (AvgIpc) is 1.73. The molecule has 0 unspecified atom stereocenters. The molecule has 0 rings (SSSR count). The molecule has 0 aliphatic rings. The first-order valence-electron chi connectivity index (χ1n) is 5.51. The Kier molecular flexibility index (Phi) is 5.47. The molecule has 0 atom stereocenters. The first-order chi connectivity index (χ1) is 6.49. The largest absolute Gasteiger partial charge is 0.485 e. The third-order valence-electron chi connectivity index (χ3n) is 1.28. The van der Waals surface area contributed by atoms with Crippen LogP contribution in [0.5, 0.6) is 0 Å². The lowest BCUT2D eigenvalue weighted by Crippen LogP contribution is -2.42. The topological polar surface area (TPSA) is 27.7 Å². The standard InChI is InChI=1S/C11H26O3Si/c1-9(2)12-15(13-10(3,4)5)14-11(6,7)8/h9,15H,1-8H3. The molecule has 0 aromatic carbocycles. The Bertz CT molecular complexity index is 163. The van der Waals surface area contributed by atoms with Crippen LogP contribution >= 0.6 is 0 Å². The Hall–Kier alpha value is 0.0969. The number of rotatable bonds is 4. The van der Waals surface area contributed by atoms with Crippen LogP contribution in [-0.2, 0) is 13.3 Å². The smallest absolute Gasteiger partial charge is 0.373 e. The summed E-state index contributed by atoms with van der Waals surface area (Å²) in [5, 5.41) is 0. The molecule has 0 N–H and O–H groups in total. The van der Waals surface area contributed by atoms with Crippen molar-refractivity contribution in [1.29, 1.82) is 0 Å². The fraction of sp³-hybridized carbons (Fsp3) is 1.00. The number of hydrogen-bond acceptors (Lipinski definition) is 3. The molecular formula is C11H26O3Si. The summed E-state index contributed by atoms with van der Waals surface area (Å²) in [7, 11) is -2.04. The van der Waals surface area contributed by atoms with Crippen molar-refractivity contribution in [2.75, 3.05) is 0 Å². The molecule has 0 amide bonds. The van der Waals surface area contributed by atoms with Gasteiger partial charge in [0.1, 0.15) is 0 Å². The van der Waals surface area contributed by atoms with Gasteiger partial charge in [0, 0.05) is 6.10 Å². The van der Waals surface area contributed by atoms with Crippen LogP contribution in [0.25, 0.3) is 0 Å². The zero-order chi connectivity index (χ0) is 12.3. The lowest BCUT2D eigenvalue weighted by Gasteiger charge is -2.31. The van der Waals surface area contributed by atoms with Gasteiger partial charge in [-0.3, -0.25) is 0 Å². The fourth-order valence-corrected chi connectivity index (χ4v) is 2.64. The molecule has 0 bridgehead atoms. The second-order valence-corrected chi connectivity index (χ2v) is 7.25. The SMILES string of the molecule is CC(C)O[SiH](OC(C)(C)C)OC(C)(C)C. The van der Waals surface area contributed by atoms with Crippen LogP contribution in [0.3, 0.4) is 0 Å².